The maximum absolute atomic E-state index is 13.5. The fraction of sp³-hybridized carbons (Fsp3) is 0.227. The number of halogens is 2. The Kier molecular flexibility index (Phi) is 4.75. The summed E-state index contributed by atoms with van der Waals surface area (Å²) in [5, 5.41) is 4.74. The lowest BCUT2D eigenvalue weighted by molar-refractivity contribution is 0.0726. The van der Waals surface area contributed by atoms with Gasteiger partial charge in [0.1, 0.15) is 11.6 Å². The lowest BCUT2D eigenvalue weighted by Gasteiger charge is -2.27. The van der Waals surface area contributed by atoms with Crippen LogP contribution in [-0.2, 0) is 0 Å². The zero-order valence-electron chi connectivity index (χ0n) is 14.8. The molecule has 0 unspecified atom stereocenters. The average Bonchev–Trinajstić information content (AvgIpc) is 2.68. The summed E-state index contributed by atoms with van der Waals surface area (Å²) in [5.41, 5.74) is 1.68. The van der Waals surface area contributed by atoms with E-state index in [1.807, 2.05) is 29.2 Å². The molecular weight excluding hydrogens is 346 g/mol. The van der Waals surface area contributed by atoms with Gasteiger partial charge in [-0.05, 0) is 48.9 Å². The van der Waals surface area contributed by atoms with Crippen LogP contribution in [0.2, 0.25) is 0 Å². The van der Waals surface area contributed by atoms with Gasteiger partial charge in [-0.2, -0.15) is 0 Å². The molecule has 0 radical (unpaired) electrons. The van der Waals surface area contributed by atoms with Crippen LogP contribution in [-0.4, -0.2) is 23.9 Å². The van der Waals surface area contributed by atoms with Crippen molar-refractivity contribution in [3.63, 3.8) is 0 Å². The highest BCUT2D eigenvalue weighted by molar-refractivity contribution is 6.10. The molecule has 0 spiro atoms. The number of fused-ring (bicyclic) bond motifs is 1. The molecule has 27 heavy (non-hydrogen) atoms. The van der Waals surface area contributed by atoms with Crippen LogP contribution in [0.5, 0.6) is 0 Å². The van der Waals surface area contributed by atoms with Crippen molar-refractivity contribution < 1.29 is 13.6 Å². The molecule has 1 amide bonds. The van der Waals surface area contributed by atoms with E-state index in [1.54, 1.807) is 12.1 Å². The molecule has 0 aliphatic carbocycles. The number of hydrogen-bond acceptors (Lipinski definition) is 2. The summed E-state index contributed by atoms with van der Waals surface area (Å²) in [6.45, 7) is 1.57. The normalized spacial score (nSPS) is 14.4. The molecule has 1 aliphatic rings. The average molecular weight is 366 g/mol. The van der Waals surface area contributed by atoms with Crippen LogP contribution in [0, 0.1) is 11.6 Å². The van der Waals surface area contributed by atoms with Crippen molar-refractivity contribution in [1.82, 2.24) is 4.90 Å². The Morgan fingerprint density at radius 1 is 0.852 bits per heavy atom. The maximum Gasteiger partial charge on any atom is 0.254 e. The number of likely N-dealkylation sites (tertiary alicyclic amines) is 1. The Hall–Kier alpha value is -2.95. The third kappa shape index (κ3) is 3.63. The Bertz CT molecular complexity index is 977. The van der Waals surface area contributed by atoms with Crippen LogP contribution < -0.4 is 5.32 Å². The van der Waals surface area contributed by atoms with Crippen molar-refractivity contribution in [2.75, 3.05) is 18.4 Å². The van der Waals surface area contributed by atoms with Crippen molar-refractivity contribution in [1.29, 1.82) is 0 Å². The summed E-state index contributed by atoms with van der Waals surface area (Å²) >= 11 is 0. The minimum Gasteiger partial charge on any atom is -0.355 e. The minimum absolute atomic E-state index is 0.0363. The minimum atomic E-state index is -0.640. The van der Waals surface area contributed by atoms with Crippen LogP contribution in [0.15, 0.2) is 54.6 Å². The number of amides is 1. The lowest BCUT2D eigenvalue weighted by atomic mass is 10.0. The first-order valence-electron chi connectivity index (χ1n) is 9.16. The second-order valence-electron chi connectivity index (χ2n) is 6.84. The van der Waals surface area contributed by atoms with E-state index in [1.165, 1.54) is 12.1 Å². The number of nitrogens with one attached hydrogen (secondary N) is 1. The summed E-state index contributed by atoms with van der Waals surface area (Å²) in [7, 11) is 0. The van der Waals surface area contributed by atoms with Gasteiger partial charge in [-0.15, -0.1) is 0 Å². The van der Waals surface area contributed by atoms with Crippen molar-refractivity contribution in [3.8, 4) is 0 Å². The van der Waals surface area contributed by atoms with Crippen molar-refractivity contribution in [3.05, 3.63) is 71.8 Å². The fourth-order valence-corrected chi connectivity index (χ4v) is 3.64. The number of carbonyl (C=O) groups is 1. The molecule has 0 bridgehead atoms. The molecule has 3 aromatic carbocycles. The number of benzene rings is 3. The van der Waals surface area contributed by atoms with Crippen LogP contribution in [0.1, 0.15) is 29.6 Å². The summed E-state index contributed by atoms with van der Waals surface area (Å²) < 4.78 is 27.0. The molecule has 0 aromatic heterocycles. The van der Waals surface area contributed by atoms with Crippen molar-refractivity contribution in [2.24, 2.45) is 0 Å². The van der Waals surface area contributed by atoms with Crippen molar-refractivity contribution in [2.45, 2.75) is 19.3 Å². The predicted molar refractivity (Wildman–Crippen MR) is 103 cm³/mol. The lowest BCUT2D eigenvalue weighted by Crippen LogP contribution is -2.35. The largest absolute Gasteiger partial charge is 0.355 e. The Labute approximate surface area is 156 Å². The van der Waals surface area contributed by atoms with E-state index in [4.69, 9.17) is 0 Å². The van der Waals surface area contributed by atoms with Gasteiger partial charge in [-0.1, -0.05) is 24.3 Å². The zero-order chi connectivity index (χ0) is 18.8. The molecule has 0 atom stereocenters. The molecule has 3 nitrogen and oxygen atoms in total. The molecule has 4 rings (SSSR count). The number of piperidine rings is 1. The highest BCUT2D eigenvalue weighted by Gasteiger charge is 2.20. The second-order valence-corrected chi connectivity index (χ2v) is 6.84. The molecule has 3 aromatic rings. The van der Waals surface area contributed by atoms with Gasteiger partial charge in [-0.25, -0.2) is 8.78 Å². The monoisotopic (exact) mass is 366 g/mol. The van der Waals surface area contributed by atoms with Gasteiger partial charge in [0.05, 0.1) is 0 Å². The third-order valence-electron chi connectivity index (χ3n) is 4.94. The predicted octanol–water partition coefficient (Wildman–Crippen LogP) is 5.49. The van der Waals surface area contributed by atoms with Gasteiger partial charge in [0, 0.05) is 41.5 Å². The number of nitrogens with zero attached hydrogens (tertiary/aromatic N) is 1. The second kappa shape index (κ2) is 7.35. The summed E-state index contributed by atoms with van der Waals surface area (Å²) in [6, 6.07) is 14.5. The van der Waals surface area contributed by atoms with Crippen LogP contribution in [0.4, 0.5) is 20.2 Å². The topological polar surface area (TPSA) is 32.3 Å². The fourth-order valence-electron chi connectivity index (χ4n) is 3.64. The van der Waals surface area contributed by atoms with E-state index in [9.17, 15) is 13.6 Å². The van der Waals surface area contributed by atoms with Crippen LogP contribution >= 0.6 is 0 Å². The van der Waals surface area contributed by atoms with E-state index >= 15 is 0 Å². The quantitative estimate of drug-likeness (QED) is 0.665. The molecule has 1 fully saturated rings. The van der Waals surface area contributed by atoms with E-state index in [0.29, 0.717) is 16.9 Å². The standard InChI is InChI=1S/C22H20F2N2O/c23-15-12-16(24)14-17(13-15)25-21-9-8-20(18-6-2-3-7-19(18)21)22(27)26-10-4-1-5-11-26/h2-3,6-9,12-14,25H,1,4-5,10-11H2. The Morgan fingerprint density at radius 3 is 2.22 bits per heavy atom. The van der Waals surface area contributed by atoms with Crippen molar-refractivity contribution >= 4 is 28.1 Å². The van der Waals surface area contributed by atoms with Gasteiger partial charge >= 0.3 is 0 Å². The summed E-state index contributed by atoms with van der Waals surface area (Å²) in [4.78, 5) is 14.9. The highest BCUT2D eigenvalue weighted by Crippen LogP contribution is 2.30. The molecule has 1 N–H and O–H groups in total. The highest BCUT2D eigenvalue weighted by atomic mass is 19.1. The van der Waals surface area contributed by atoms with Gasteiger partial charge in [0.15, 0.2) is 0 Å². The number of hydrogen-bond donors (Lipinski definition) is 1. The van der Waals surface area contributed by atoms with Gasteiger partial charge < -0.3 is 10.2 Å². The first-order chi connectivity index (χ1) is 13.1. The number of rotatable bonds is 3. The van der Waals surface area contributed by atoms with Gasteiger partial charge in [-0.3, -0.25) is 4.79 Å². The number of carbonyl (C=O) groups excluding carboxylic acids is 1. The van der Waals surface area contributed by atoms with E-state index in [-0.39, 0.29) is 5.91 Å². The Balaban J connectivity index is 1.72. The first-order valence-corrected chi connectivity index (χ1v) is 9.16. The van der Waals surface area contributed by atoms with Gasteiger partial charge in [0.2, 0.25) is 0 Å². The zero-order valence-corrected chi connectivity index (χ0v) is 14.8. The van der Waals surface area contributed by atoms with Crippen LogP contribution in [0.3, 0.4) is 0 Å². The third-order valence-corrected chi connectivity index (χ3v) is 4.94. The van der Waals surface area contributed by atoms with E-state index in [2.05, 4.69) is 5.32 Å². The first kappa shape index (κ1) is 17.5. The molecular formula is C22H20F2N2O. The molecule has 5 heteroatoms. The maximum atomic E-state index is 13.5. The molecule has 138 valence electrons. The summed E-state index contributed by atoms with van der Waals surface area (Å²) in [6.07, 6.45) is 3.24. The van der Waals surface area contributed by atoms with Gasteiger partial charge in [0.25, 0.3) is 5.91 Å². The molecule has 1 saturated heterocycles. The van der Waals surface area contributed by atoms with E-state index in [0.717, 1.165) is 49.2 Å². The molecule has 0 saturated carbocycles. The number of anilines is 2. The van der Waals surface area contributed by atoms with Crippen LogP contribution in [0.25, 0.3) is 10.8 Å². The molecule has 1 aliphatic heterocycles. The smallest absolute Gasteiger partial charge is 0.254 e. The Morgan fingerprint density at radius 2 is 1.52 bits per heavy atom. The summed E-state index contributed by atoms with van der Waals surface area (Å²) in [5.74, 6) is -1.24. The SMILES string of the molecule is O=C(c1ccc(Nc2cc(F)cc(F)c2)c2ccccc12)N1CCCCC1. The van der Waals surface area contributed by atoms with E-state index < -0.39 is 11.6 Å². The molecule has 1 heterocycles.